The first kappa shape index (κ1) is 26.7. The zero-order valence-corrected chi connectivity index (χ0v) is 19.3. The van der Waals surface area contributed by atoms with Gasteiger partial charge in [0.05, 0.1) is 11.6 Å². The van der Waals surface area contributed by atoms with Crippen LogP contribution in [0.3, 0.4) is 0 Å². The number of hydrogen-bond donors (Lipinski definition) is 8. The molecule has 8 N–H and O–H groups in total. The third kappa shape index (κ3) is 5.47. The van der Waals surface area contributed by atoms with Gasteiger partial charge in [-0.05, 0) is 12.1 Å². The second kappa shape index (κ2) is 10.5. The number of phenols is 4. The van der Waals surface area contributed by atoms with Crippen molar-refractivity contribution >= 4 is 22.9 Å². The molecule has 5 atom stereocenters. The SMILES string of the molecule is O=C(O)CC(=O)OCC1OC(Oc2cc3c(O)cc(O)cc3[o+]c2-c2ccc(O)c(O)c2)C(O)C(O)C1O. The van der Waals surface area contributed by atoms with Crippen LogP contribution in [0.2, 0.25) is 0 Å². The number of aliphatic hydroxyl groups excluding tert-OH is 3. The molecule has 38 heavy (non-hydrogen) atoms. The molecule has 1 aliphatic heterocycles. The molecule has 3 aromatic rings. The molecule has 0 amide bonds. The van der Waals surface area contributed by atoms with Crippen LogP contribution in [-0.2, 0) is 19.1 Å². The fourth-order valence-electron chi connectivity index (χ4n) is 3.76. The summed E-state index contributed by atoms with van der Waals surface area (Å²) < 4.78 is 21.8. The maximum atomic E-state index is 11.6. The molecule has 202 valence electrons. The van der Waals surface area contributed by atoms with Crippen LogP contribution in [0.15, 0.2) is 40.8 Å². The van der Waals surface area contributed by atoms with E-state index in [2.05, 4.69) is 0 Å². The van der Waals surface area contributed by atoms with E-state index in [0.717, 1.165) is 18.2 Å². The highest BCUT2D eigenvalue weighted by atomic mass is 16.7. The number of esters is 1. The first-order valence-electron chi connectivity index (χ1n) is 11.0. The summed E-state index contributed by atoms with van der Waals surface area (Å²) >= 11 is 0. The molecule has 1 aliphatic rings. The molecule has 14 heteroatoms. The van der Waals surface area contributed by atoms with Crippen LogP contribution in [-0.4, -0.2) is 90.1 Å². The molecule has 0 radical (unpaired) electrons. The zero-order valence-electron chi connectivity index (χ0n) is 19.3. The van der Waals surface area contributed by atoms with Crippen molar-refractivity contribution in [3.05, 3.63) is 36.4 Å². The number of rotatable bonds is 7. The number of fused-ring (bicyclic) bond motifs is 1. The Hall–Kier alpha value is -4.37. The van der Waals surface area contributed by atoms with Gasteiger partial charge >= 0.3 is 23.3 Å². The Kier molecular flexibility index (Phi) is 7.41. The number of carbonyl (C=O) groups excluding carboxylic acids is 1. The highest BCUT2D eigenvalue weighted by molar-refractivity contribution is 5.90. The Morgan fingerprint density at radius 1 is 0.895 bits per heavy atom. The molecule has 0 spiro atoms. The molecule has 1 aromatic heterocycles. The minimum atomic E-state index is -1.85. The zero-order chi connectivity index (χ0) is 27.7. The number of ether oxygens (including phenoxy) is 3. The number of aliphatic hydroxyl groups is 3. The smallest absolute Gasteiger partial charge is 0.402 e. The minimum Gasteiger partial charge on any atom is -0.507 e. The molecule has 2 aromatic carbocycles. The van der Waals surface area contributed by atoms with Crippen LogP contribution in [0.25, 0.3) is 22.3 Å². The number of hydrogen-bond acceptors (Lipinski definition) is 12. The minimum absolute atomic E-state index is 0.0128. The fraction of sp³-hybridized carbons (Fsp3) is 0.292. The molecule has 0 saturated carbocycles. The lowest BCUT2D eigenvalue weighted by Crippen LogP contribution is -2.60. The molecular weight excluding hydrogens is 512 g/mol. The van der Waals surface area contributed by atoms with Crippen molar-refractivity contribution in [2.75, 3.05) is 6.61 Å². The van der Waals surface area contributed by atoms with Gasteiger partial charge in [0, 0.05) is 18.2 Å². The van der Waals surface area contributed by atoms with E-state index in [1.165, 1.54) is 18.2 Å². The van der Waals surface area contributed by atoms with Gasteiger partial charge in [0.25, 0.3) is 0 Å². The van der Waals surface area contributed by atoms with Gasteiger partial charge in [-0.2, -0.15) is 0 Å². The van der Waals surface area contributed by atoms with Crippen LogP contribution in [0.5, 0.6) is 28.7 Å². The number of carbonyl (C=O) groups is 2. The predicted octanol–water partition coefficient (Wildman–Crippen LogP) is 0.408. The Morgan fingerprint density at radius 2 is 1.63 bits per heavy atom. The summed E-state index contributed by atoms with van der Waals surface area (Å²) in [4.78, 5) is 22.2. The third-order valence-corrected chi connectivity index (χ3v) is 5.67. The summed E-state index contributed by atoms with van der Waals surface area (Å²) in [5.74, 6) is -4.59. The predicted molar refractivity (Wildman–Crippen MR) is 123 cm³/mol. The number of aliphatic carboxylic acids is 1. The van der Waals surface area contributed by atoms with Crippen LogP contribution < -0.4 is 4.74 Å². The molecular formula is C24H23O14+. The summed E-state index contributed by atoms with van der Waals surface area (Å²) in [6, 6.07) is 7.09. The van der Waals surface area contributed by atoms with Crippen molar-refractivity contribution in [2.24, 2.45) is 0 Å². The summed E-state index contributed by atoms with van der Waals surface area (Å²) in [6.07, 6.45) is -9.55. The topological polar surface area (TPSA) is 235 Å². The largest absolute Gasteiger partial charge is 0.507 e. The summed E-state index contributed by atoms with van der Waals surface area (Å²) in [5.41, 5.74) is 0.131. The highest BCUT2D eigenvalue weighted by Crippen LogP contribution is 2.42. The van der Waals surface area contributed by atoms with E-state index in [0.29, 0.717) is 0 Å². The second-order valence-corrected chi connectivity index (χ2v) is 8.41. The standard InChI is InChI=1S/C24H22O14/c25-10-4-13(27)11-6-16(23(36-15(11)5-10)9-1-2-12(26)14(28)3-9)37-24-22(34)21(33)20(32)17(38-24)8-35-19(31)7-18(29)30/h1-6,17,20-22,24,32-34H,7-8H2,(H4-,25,26,27,28,29,30)/p+1. The normalized spacial score (nSPS) is 23.2. The van der Waals surface area contributed by atoms with Gasteiger partial charge in [0.15, 0.2) is 11.5 Å². The van der Waals surface area contributed by atoms with Gasteiger partial charge in [-0.25, -0.2) is 4.42 Å². The van der Waals surface area contributed by atoms with E-state index in [1.807, 2.05) is 0 Å². The number of benzene rings is 2. The maximum Gasteiger partial charge on any atom is 0.402 e. The molecule has 0 bridgehead atoms. The number of aromatic hydroxyl groups is 4. The Labute approximate surface area is 212 Å². The van der Waals surface area contributed by atoms with Gasteiger partial charge in [-0.15, -0.1) is 0 Å². The number of carboxylic acid groups (broad SMARTS) is 1. The molecule has 4 rings (SSSR count). The molecule has 0 aliphatic carbocycles. The number of carboxylic acids is 1. The van der Waals surface area contributed by atoms with Crippen LogP contribution in [0.1, 0.15) is 6.42 Å². The second-order valence-electron chi connectivity index (χ2n) is 8.41. The first-order valence-corrected chi connectivity index (χ1v) is 11.0. The van der Waals surface area contributed by atoms with Crippen molar-refractivity contribution < 1.29 is 69.1 Å². The average Bonchev–Trinajstić information content (AvgIpc) is 2.84. The lowest BCUT2D eigenvalue weighted by atomic mass is 9.99. The van der Waals surface area contributed by atoms with E-state index in [-0.39, 0.29) is 33.8 Å². The van der Waals surface area contributed by atoms with Crippen LogP contribution in [0.4, 0.5) is 0 Å². The van der Waals surface area contributed by atoms with Crippen LogP contribution in [0, 0.1) is 0 Å². The Bertz CT molecular complexity index is 1370. The van der Waals surface area contributed by atoms with E-state index in [1.54, 1.807) is 0 Å². The van der Waals surface area contributed by atoms with Gasteiger partial charge in [-0.3, -0.25) is 9.59 Å². The van der Waals surface area contributed by atoms with Gasteiger partial charge in [-0.1, -0.05) is 0 Å². The Balaban J connectivity index is 1.70. The maximum absolute atomic E-state index is 11.6. The van der Waals surface area contributed by atoms with Crippen LogP contribution >= 0.6 is 0 Å². The van der Waals surface area contributed by atoms with Crippen molar-refractivity contribution in [3.8, 4) is 40.1 Å². The average molecular weight is 535 g/mol. The van der Waals surface area contributed by atoms with Crippen molar-refractivity contribution in [1.82, 2.24) is 0 Å². The summed E-state index contributed by atoms with van der Waals surface area (Å²) in [6.45, 7) is -0.683. The molecule has 1 saturated heterocycles. The van der Waals surface area contributed by atoms with Crippen molar-refractivity contribution in [3.63, 3.8) is 0 Å². The Morgan fingerprint density at radius 3 is 2.32 bits per heavy atom. The van der Waals surface area contributed by atoms with Gasteiger partial charge < -0.3 is 55.1 Å². The first-order chi connectivity index (χ1) is 17.9. The summed E-state index contributed by atoms with van der Waals surface area (Å²) in [7, 11) is 0. The number of phenolic OH excluding ortho intramolecular Hbond substituents is 4. The lowest BCUT2D eigenvalue weighted by molar-refractivity contribution is -0.278. The van der Waals surface area contributed by atoms with Crippen molar-refractivity contribution in [2.45, 2.75) is 37.1 Å². The monoisotopic (exact) mass is 535 g/mol. The van der Waals surface area contributed by atoms with E-state index in [4.69, 9.17) is 23.7 Å². The lowest BCUT2D eigenvalue weighted by Gasteiger charge is -2.39. The summed E-state index contributed by atoms with van der Waals surface area (Å²) in [5, 5.41) is 79.6. The van der Waals surface area contributed by atoms with E-state index < -0.39 is 72.9 Å². The third-order valence-electron chi connectivity index (χ3n) is 5.67. The van der Waals surface area contributed by atoms with Gasteiger partial charge in [0.2, 0.25) is 12.0 Å². The van der Waals surface area contributed by atoms with E-state index >= 15 is 0 Å². The fourth-order valence-corrected chi connectivity index (χ4v) is 3.76. The highest BCUT2D eigenvalue weighted by Gasteiger charge is 2.46. The molecule has 2 heterocycles. The molecule has 14 nitrogen and oxygen atoms in total. The van der Waals surface area contributed by atoms with Gasteiger partial charge in [0.1, 0.15) is 54.3 Å². The van der Waals surface area contributed by atoms with Crippen molar-refractivity contribution in [1.29, 1.82) is 0 Å². The quantitative estimate of drug-likeness (QED) is 0.0885. The molecule has 5 unspecified atom stereocenters. The molecule has 1 fully saturated rings. The van der Waals surface area contributed by atoms with E-state index in [9.17, 15) is 45.3 Å².